The molecule has 0 aliphatic heterocycles. The lowest BCUT2D eigenvalue weighted by Crippen LogP contribution is -2.14. The zero-order valence-electron chi connectivity index (χ0n) is 34.3. The second kappa shape index (κ2) is 15.1. The average molecular weight is 771 g/mol. The van der Waals surface area contributed by atoms with Gasteiger partial charge in [0.05, 0.1) is 16.7 Å². The van der Waals surface area contributed by atoms with E-state index < -0.39 is 0 Å². The Balaban J connectivity index is 1.22. The first-order valence-corrected chi connectivity index (χ1v) is 20.8. The minimum absolute atomic E-state index is 0.0637. The standard InChI is InChI=1S/C58H46N2/c1-5-6-9-20-40(2)43-37-44(41-21-10-7-11-22-41)39-47(38-43)59(54-31-19-32-55-57(54)50-26-15-17-30-53(50)60(55)45-23-12-8-13-24-45)46-35-33-42(34-36-46)48-27-18-29-52-56(48)49-25-14-16-28-51(49)58(52,3)4/h5-39H,1H2,2-4H3/b9-6-,40-20+. The Morgan fingerprint density at radius 2 is 1.22 bits per heavy atom. The molecule has 9 aromatic rings. The number of benzene rings is 8. The summed E-state index contributed by atoms with van der Waals surface area (Å²) >= 11 is 0. The van der Waals surface area contributed by atoms with Gasteiger partial charge in [-0.25, -0.2) is 0 Å². The minimum atomic E-state index is -0.0637. The normalized spacial score (nSPS) is 13.2. The molecular formula is C58H46N2. The van der Waals surface area contributed by atoms with Gasteiger partial charge in [0.25, 0.3) is 0 Å². The van der Waals surface area contributed by atoms with Crippen molar-refractivity contribution < 1.29 is 0 Å². The minimum Gasteiger partial charge on any atom is -0.310 e. The van der Waals surface area contributed by atoms with Crippen molar-refractivity contribution in [3.8, 4) is 39.1 Å². The topological polar surface area (TPSA) is 8.17 Å². The Labute approximate surface area is 353 Å². The van der Waals surface area contributed by atoms with Crippen molar-refractivity contribution in [1.29, 1.82) is 0 Å². The van der Waals surface area contributed by atoms with Crippen LogP contribution in [0, 0.1) is 0 Å². The highest BCUT2D eigenvalue weighted by Crippen LogP contribution is 2.52. The van der Waals surface area contributed by atoms with Crippen molar-refractivity contribution in [3.63, 3.8) is 0 Å². The van der Waals surface area contributed by atoms with Crippen LogP contribution >= 0.6 is 0 Å². The van der Waals surface area contributed by atoms with Gasteiger partial charge < -0.3 is 9.47 Å². The molecule has 0 spiro atoms. The fraction of sp³-hybridized carbons (Fsp3) is 0.0690. The van der Waals surface area contributed by atoms with Gasteiger partial charge in [-0.2, -0.15) is 0 Å². The second-order valence-corrected chi connectivity index (χ2v) is 16.2. The maximum atomic E-state index is 3.89. The van der Waals surface area contributed by atoms with Crippen molar-refractivity contribution in [2.75, 3.05) is 4.90 Å². The fourth-order valence-electron chi connectivity index (χ4n) is 9.39. The van der Waals surface area contributed by atoms with E-state index in [0.29, 0.717) is 0 Å². The summed E-state index contributed by atoms with van der Waals surface area (Å²) in [5, 5.41) is 2.41. The predicted octanol–water partition coefficient (Wildman–Crippen LogP) is 16.0. The van der Waals surface area contributed by atoms with E-state index in [1.807, 2.05) is 12.2 Å². The maximum Gasteiger partial charge on any atom is 0.0562 e. The molecule has 8 aromatic carbocycles. The van der Waals surface area contributed by atoms with Gasteiger partial charge in [-0.05, 0) is 123 Å². The molecule has 0 radical (unpaired) electrons. The van der Waals surface area contributed by atoms with E-state index in [4.69, 9.17) is 0 Å². The summed E-state index contributed by atoms with van der Waals surface area (Å²) < 4.78 is 2.40. The van der Waals surface area contributed by atoms with E-state index in [9.17, 15) is 0 Å². The third kappa shape index (κ3) is 6.20. The predicted molar refractivity (Wildman–Crippen MR) is 257 cm³/mol. The highest BCUT2D eigenvalue weighted by Gasteiger charge is 2.36. The summed E-state index contributed by atoms with van der Waals surface area (Å²) in [4.78, 5) is 2.46. The van der Waals surface area contributed by atoms with E-state index >= 15 is 0 Å². The van der Waals surface area contributed by atoms with Crippen LogP contribution in [0.5, 0.6) is 0 Å². The molecule has 288 valence electrons. The summed E-state index contributed by atoms with van der Waals surface area (Å²) in [6, 6.07) is 68.9. The molecule has 0 amide bonds. The SMILES string of the molecule is C=C/C=C\C=C(/C)c1cc(-c2ccccc2)cc(N(c2ccc(-c3cccc4c3-c3ccccc3C4(C)C)cc2)c2cccc3c2c2ccccc2n3-c2ccccc2)c1. The van der Waals surface area contributed by atoms with E-state index in [0.717, 1.165) is 39.4 Å². The summed E-state index contributed by atoms with van der Waals surface area (Å²) in [5.41, 5.74) is 19.2. The van der Waals surface area contributed by atoms with Crippen LogP contribution in [-0.2, 0) is 5.41 Å². The molecule has 0 N–H and O–H groups in total. The summed E-state index contributed by atoms with van der Waals surface area (Å²) in [5.74, 6) is 0. The number of hydrogen-bond acceptors (Lipinski definition) is 1. The molecule has 0 saturated carbocycles. The number of nitrogens with zero attached hydrogens (tertiary/aromatic N) is 2. The summed E-state index contributed by atoms with van der Waals surface area (Å²) in [7, 11) is 0. The Morgan fingerprint density at radius 3 is 2.02 bits per heavy atom. The van der Waals surface area contributed by atoms with Crippen molar-refractivity contribution in [3.05, 3.63) is 236 Å². The van der Waals surface area contributed by atoms with Gasteiger partial charge in [0.2, 0.25) is 0 Å². The summed E-state index contributed by atoms with van der Waals surface area (Å²) in [6.07, 6.45) is 8.02. The molecule has 0 bridgehead atoms. The Morgan fingerprint density at radius 1 is 0.550 bits per heavy atom. The first-order chi connectivity index (χ1) is 29.4. The van der Waals surface area contributed by atoms with Gasteiger partial charge in [0, 0.05) is 33.2 Å². The molecule has 0 fully saturated rings. The van der Waals surface area contributed by atoms with Crippen LogP contribution in [0.4, 0.5) is 17.1 Å². The van der Waals surface area contributed by atoms with Crippen molar-refractivity contribution in [1.82, 2.24) is 4.57 Å². The Kier molecular flexibility index (Phi) is 9.26. The van der Waals surface area contributed by atoms with E-state index in [2.05, 4.69) is 237 Å². The quantitative estimate of drug-likeness (QED) is 0.133. The van der Waals surface area contributed by atoms with Gasteiger partial charge >= 0.3 is 0 Å². The highest BCUT2D eigenvalue weighted by molar-refractivity contribution is 6.16. The monoisotopic (exact) mass is 770 g/mol. The lowest BCUT2D eigenvalue weighted by atomic mass is 9.82. The number of anilines is 3. The van der Waals surface area contributed by atoms with E-state index in [-0.39, 0.29) is 5.41 Å². The van der Waals surface area contributed by atoms with Gasteiger partial charge in [-0.15, -0.1) is 0 Å². The smallest absolute Gasteiger partial charge is 0.0562 e. The van der Waals surface area contributed by atoms with Gasteiger partial charge in [0.15, 0.2) is 0 Å². The van der Waals surface area contributed by atoms with Crippen molar-refractivity contribution >= 4 is 44.4 Å². The second-order valence-electron chi connectivity index (χ2n) is 16.2. The number of fused-ring (bicyclic) bond motifs is 6. The number of para-hydroxylation sites is 2. The van der Waals surface area contributed by atoms with Crippen LogP contribution in [0.25, 0.3) is 66.4 Å². The fourth-order valence-corrected chi connectivity index (χ4v) is 9.39. The molecule has 60 heavy (non-hydrogen) atoms. The molecule has 0 unspecified atom stereocenters. The number of hydrogen-bond donors (Lipinski definition) is 0. The van der Waals surface area contributed by atoms with Crippen LogP contribution in [0.2, 0.25) is 0 Å². The van der Waals surface area contributed by atoms with Crippen LogP contribution in [0.3, 0.4) is 0 Å². The van der Waals surface area contributed by atoms with Gasteiger partial charge in [-0.1, -0.05) is 172 Å². The average Bonchev–Trinajstić information content (AvgIpc) is 3.76. The third-order valence-corrected chi connectivity index (χ3v) is 12.3. The zero-order chi connectivity index (χ0) is 40.8. The molecule has 1 aromatic heterocycles. The molecule has 2 heteroatoms. The maximum absolute atomic E-state index is 3.89. The molecule has 1 heterocycles. The van der Waals surface area contributed by atoms with Crippen LogP contribution < -0.4 is 4.90 Å². The van der Waals surface area contributed by atoms with Crippen molar-refractivity contribution in [2.45, 2.75) is 26.2 Å². The molecule has 10 rings (SSSR count). The van der Waals surface area contributed by atoms with E-state index in [1.165, 1.54) is 60.8 Å². The van der Waals surface area contributed by atoms with Gasteiger partial charge in [0.1, 0.15) is 0 Å². The molecule has 1 aliphatic rings. The number of rotatable bonds is 9. The Hall–Kier alpha value is -7.42. The first-order valence-electron chi connectivity index (χ1n) is 20.8. The first kappa shape index (κ1) is 36.9. The third-order valence-electron chi connectivity index (χ3n) is 12.3. The molecule has 0 atom stereocenters. The summed E-state index contributed by atoms with van der Waals surface area (Å²) in [6.45, 7) is 10.8. The largest absolute Gasteiger partial charge is 0.310 e. The highest BCUT2D eigenvalue weighted by atomic mass is 15.1. The number of aromatic nitrogens is 1. The van der Waals surface area contributed by atoms with Gasteiger partial charge in [-0.3, -0.25) is 0 Å². The van der Waals surface area contributed by atoms with Crippen LogP contribution in [0.1, 0.15) is 37.5 Å². The van der Waals surface area contributed by atoms with Crippen LogP contribution in [0.15, 0.2) is 219 Å². The number of allylic oxidation sites excluding steroid dienone is 5. The molecular weight excluding hydrogens is 725 g/mol. The van der Waals surface area contributed by atoms with E-state index in [1.54, 1.807) is 0 Å². The Bertz CT molecular complexity index is 3120. The molecule has 2 nitrogen and oxygen atoms in total. The lowest BCUT2D eigenvalue weighted by Gasteiger charge is -2.28. The van der Waals surface area contributed by atoms with Crippen molar-refractivity contribution in [2.24, 2.45) is 0 Å². The lowest BCUT2D eigenvalue weighted by molar-refractivity contribution is 0.660. The molecule has 0 saturated heterocycles. The molecule has 1 aliphatic carbocycles. The van der Waals surface area contributed by atoms with Crippen LogP contribution in [-0.4, -0.2) is 4.57 Å². The zero-order valence-corrected chi connectivity index (χ0v) is 34.3.